The first-order chi connectivity index (χ1) is 12.7. The maximum absolute atomic E-state index is 12.0. The van der Waals surface area contributed by atoms with Gasteiger partial charge < -0.3 is 48.5 Å². The van der Waals surface area contributed by atoms with Gasteiger partial charge in [-0.05, 0) is 12.1 Å². The Labute approximate surface area is 154 Å². The van der Waals surface area contributed by atoms with Crippen LogP contribution in [0.5, 0.6) is 0 Å². The largest absolute Gasteiger partial charge is 0.394 e. The van der Waals surface area contributed by atoms with E-state index in [9.17, 15) is 14.4 Å². The van der Waals surface area contributed by atoms with Crippen molar-refractivity contribution in [2.75, 3.05) is 35.8 Å². The highest BCUT2D eigenvalue weighted by molar-refractivity contribution is 6.08. The second kappa shape index (κ2) is 10.5. The van der Waals surface area contributed by atoms with Crippen molar-refractivity contribution in [2.24, 2.45) is 17.2 Å². The van der Waals surface area contributed by atoms with Gasteiger partial charge in [0.2, 0.25) is 17.7 Å². The van der Waals surface area contributed by atoms with Crippen molar-refractivity contribution in [3.8, 4) is 0 Å². The fourth-order valence-corrected chi connectivity index (χ4v) is 1.81. The average molecular weight is 384 g/mol. The molecule has 0 unspecified atom stereocenters. The van der Waals surface area contributed by atoms with Crippen LogP contribution in [0.25, 0.3) is 0 Å². The van der Waals surface area contributed by atoms with Gasteiger partial charge in [0.25, 0.3) is 0 Å². The van der Waals surface area contributed by atoms with Crippen molar-refractivity contribution in [3.05, 3.63) is 18.2 Å². The van der Waals surface area contributed by atoms with Crippen LogP contribution < -0.4 is 33.2 Å². The van der Waals surface area contributed by atoms with Crippen molar-refractivity contribution in [1.82, 2.24) is 0 Å². The van der Waals surface area contributed by atoms with E-state index < -0.39 is 55.7 Å². The molecule has 0 saturated carbocycles. The molecule has 0 aromatic heterocycles. The van der Waals surface area contributed by atoms with Crippen LogP contribution >= 0.6 is 0 Å². The summed E-state index contributed by atoms with van der Waals surface area (Å²) < 4.78 is 0. The van der Waals surface area contributed by atoms with Gasteiger partial charge in [0.1, 0.15) is 18.1 Å². The lowest BCUT2D eigenvalue weighted by Gasteiger charge is -2.20. The molecule has 3 atom stereocenters. The lowest BCUT2D eigenvalue weighted by molar-refractivity contribution is -0.119. The number of nitrogens with two attached hydrogens (primary N) is 3. The molecule has 150 valence electrons. The molecule has 12 nitrogen and oxygen atoms in total. The smallest absolute Gasteiger partial charge is 0.243 e. The molecular weight excluding hydrogens is 360 g/mol. The Morgan fingerprint density at radius 2 is 1.07 bits per heavy atom. The van der Waals surface area contributed by atoms with Crippen LogP contribution in [0.15, 0.2) is 18.2 Å². The predicted octanol–water partition coefficient (Wildman–Crippen LogP) is -3.54. The van der Waals surface area contributed by atoms with E-state index in [0.717, 1.165) is 0 Å². The zero-order valence-electron chi connectivity index (χ0n) is 14.4. The number of hydrogen-bond donors (Lipinski definition) is 9. The van der Waals surface area contributed by atoms with E-state index >= 15 is 0 Å². The third kappa shape index (κ3) is 6.25. The lowest BCUT2D eigenvalue weighted by atomic mass is 10.1. The number of anilines is 3. The Kier molecular flexibility index (Phi) is 8.74. The van der Waals surface area contributed by atoms with Gasteiger partial charge in [-0.2, -0.15) is 0 Å². The van der Waals surface area contributed by atoms with Crippen molar-refractivity contribution >= 4 is 34.8 Å². The predicted molar refractivity (Wildman–Crippen MR) is 97.5 cm³/mol. The normalized spacial score (nSPS) is 14.0. The molecule has 1 aromatic rings. The molecule has 0 radical (unpaired) electrons. The van der Waals surface area contributed by atoms with Crippen LogP contribution in [0.2, 0.25) is 0 Å². The SMILES string of the molecule is N[C@@H](CO)C(=O)Nc1cccc(NC(=O)[C@@H](N)CO)c1NC(=O)[C@@H](N)CO. The van der Waals surface area contributed by atoms with E-state index in [1.165, 1.54) is 18.2 Å². The van der Waals surface area contributed by atoms with Crippen LogP contribution in [0.3, 0.4) is 0 Å². The maximum atomic E-state index is 12.0. The first kappa shape index (κ1) is 22.4. The monoisotopic (exact) mass is 384 g/mol. The van der Waals surface area contributed by atoms with Crippen LogP contribution in [-0.4, -0.2) is 71.0 Å². The third-order valence-corrected chi connectivity index (χ3v) is 3.43. The second-order valence-electron chi connectivity index (χ2n) is 5.56. The number of aliphatic hydroxyl groups excluding tert-OH is 3. The number of hydrogen-bond acceptors (Lipinski definition) is 9. The third-order valence-electron chi connectivity index (χ3n) is 3.43. The first-order valence-corrected chi connectivity index (χ1v) is 7.90. The van der Waals surface area contributed by atoms with E-state index in [0.29, 0.717) is 0 Å². The Morgan fingerprint density at radius 3 is 1.41 bits per heavy atom. The van der Waals surface area contributed by atoms with E-state index in [-0.39, 0.29) is 17.1 Å². The van der Waals surface area contributed by atoms with Gasteiger partial charge in [0.05, 0.1) is 36.9 Å². The van der Waals surface area contributed by atoms with Gasteiger partial charge in [-0.3, -0.25) is 14.4 Å². The number of nitrogens with one attached hydrogen (secondary N) is 3. The highest BCUT2D eigenvalue weighted by Gasteiger charge is 2.21. The fourth-order valence-electron chi connectivity index (χ4n) is 1.81. The van der Waals surface area contributed by atoms with Gasteiger partial charge in [0, 0.05) is 0 Å². The number of aliphatic hydroxyl groups is 3. The van der Waals surface area contributed by atoms with Crippen LogP contribution in [0.1, 0.15) is 0 Å². The average Bonchev–Trinajstić information content (AvgIpc) is 2.67. The minimum atomic E-state index is -1.25. The quantitative estimate of drug-likeness (QED) is 0.205. The van der Waals surface area contributed by atoms with Gasteiger partial charge >= 0.3 is 0 Å². The molecule has 0 aliphatic carbocycles. The van der Waals surface area contributed by atoms with Crippen LogP contribution in [0, 0.1) is 0 Å². The van der Waals surface area contributed by atoms with Gasteiger partial charge in [-0.25, -0.2) is 0 Å². The molecule has 3 amide bonds. The highest BCUT2D eigenvalue weighted by Crippen LogP contribution is 2.31. The topological polar surface area (TPSA) is 226 Å². The Bertz CT molecular complexity index is 643. The molecule has 1 aromatic carbocycles. The summed E-state index contributed by atoms with van der Waals surface area (Å²) in [7, 11) is 0. The number of rotatable bonds is 9. The number of carbonyl (C=O) groups excluding carboxylic acids is 3. The minimum Gasteiger partial charge on any atom is -0.394 e. The van der Waals surface area contributed by atoms with E-state index in [4.69, 9.17) is 32.5 Å². The number of para-hydroxylation sites is 1. The molecule has 0 aliphatic heterocycles. The summed E-state index contributed by atoms with van der Waals surface area (Å²) >= 11 is 0. The van der Waals surface area contributed by atoms with Gasteiger partial charge in [-0.15, -0.1) is 0 Å². The summed E-state index contributed by atoms with van der Waals surface area (Å²) in [6, 6.07) is 0.593. The van der Waals surface area contributed by atoms with Crippen LogP contribution in [-0.2, 0) is 14.4 Å². The second-order valence-corrected chi connectivity index (χ2v) is 5.56. The van der Waals surface area contributed by atoms with E-state index in [2.05, 4.69) is 16.0 Å². The van der Waals surface area contributed by atoms with E-state index in [1.54, 1.807) is 0 Å². The molecule has 0 heterocycles. The summed E-state index contributed by atoms with van der Waals surface area (Å²) in [4.78, 5) is 35.9. The van der Waals surface area contributed by atoms with Crippen LogP contribution in [0.4, 0.5) is 17.1 Å². The van der Waals surface area contributed by atoms with Gasteiger partial charge in [-0.1, -0.05) is 6.07 Å². The number of benzene rings is 1. The summed E-state index contributed by atoms with van der Waals surface area (Å²) in [6.45, 7) is -1.85. The molecule has 0 spiro atoms. The molecule has 12 N–H and O–H groups in total. The summed E-state index contributed by atoms with van der Waals surface area (Å²) in [5, 5.41) is 34.2. The molecule has 12 heteroatoms. The lowest BCUT2D eigenvalue weighted by Crippen LogP contribution is -2.41. The maximum Gasteiger partial charge on any atom is 0.243 e. The number of amides is 3. The van der Waals surface area contributed by atoms with Gasteiger partial charge in [0.15, 0.2) is 0 Å². The molecule has 0 saturated heterocycles. The standard InChI is InChI=1S/C15H24N6O6/c16-7(4-22)13(25)19-10-2-1-3-11(20-14(26)8(17)5-23)12(10)21-15(27)9(18)6-24/h1-3,7-9,22-24H,4-6,16-18H2,(H,19,25)(H,20,26)(H,21,27)/t7-,8-,9-/m0/s1. The molecule has 0 bridgehead atoms. The Hall–Kier alpha value is -2.61. The molecule has 0 aliphatic rings. The minimum absolute atomic E-state index is 0.0385. The van der Waals surface area contributed by atoms with E-state index in [1.807, 2.05) is 0 Å². The molecule has 1 rings (SSSR count). The fraction of sp³-hybridized carbons (Fsp3) is 0.400. The van der Waals surface area contributed by atoms with Crippen molar-refractivity contribution in [2.45, 2.75) is 18.1 Å². The highest BCUT2D eigenvalue weighted by atomic mass is 16.3. The van der Waals surface area contributed by atoms with Crippen molar-refractivity contribution in [3.63, 3.8) is 0 Å². The first-order valence-electron chi connectivity index (χ1n) is 7.90. The zero-order valence-corrected chi connectivity index (χ0v) is 14.4. The molecular formula is C15H24N6O6. The van der Waals surface area contributed by atoms with Crippen molar-refractivity contribution < 1.29 is 29.7 Å². The number of carbonyl (C=O) groups is 3. The Morgan fingerprint density at radius 1 is 0.741 bits per heavy atom. The zero-order chi connectivity index (χ0) is 20.6. The summed E-state index contributed by atoms with van der Waals surface area (Å²) in [6.07, 6.45) is 0. The summed E-state index contributed by atoms with van der Waals surface area (Å²) in [5.74, 6) is -2.27. The Balaban J connectivity index is 3.24. The van der Waals surface area contributed by atoms with Crippen molar-refractivity contribution in [1.29, 1.82) is 0 Å². The molecule has 0 fully saturated rings. The summed E-state index contributed by atoms with van der Waals surface area (Å²) in [5.41, 5.74) is 16.4. The molecule has 27 heavy (non-hydrogen) atoms.